The van der Waals surface area contributed by atoms with Gasteiger partial charge in [0.15, 0.2) is 5.96 Å². The van der Waals surface area contributed by atoms with E-state index in [1.165, 1.54) is 25.0 Å². The highest BCUT2D eigenvalue weighted by Crippen LogP contribution is 2.29. The fraction of sp³-hybridized carbons (Fsp3) is 0.579. The minimum absolute atomic E-state index is 0.183. The van der Waals surface area contributed by atoms with E-state index in [4.69, 9.17) is 4.74 Å². The molecule has 1 aromatic rings. The number of carbonyl (C=O) groups is 1. The SMILES string of the molecule is CN=C(NCCNC(=O)c1ccc(C(F)(F)F)cc1)N(C)CCOCC1CC1. The topological polar surface area (TPSA) is 66.0 Å². The van der Waals surface area contributed by atoms with Crippen LogP contribution in [0.2, 0.25) is 0 Å². The Labute approximate surface area is 163 Å². The van der Waals surface area contributed by atoms with Crippen molar-refractivity contribution in [2.75, 3.05) is 46.9 Å². The molecule has 0 aliphatic heterocycles. The third-order valence-electron chi connectivity index (χ3n) is 4.36. The first-order valence-electron chi connectivity index (χ1n) is 9.26. The average Bonchev–Trinajstić information content (AvgIpc) is 3.48. The van der Waals surface area contributed by atoms with Crippen LogP contribution in [0.25, 0.3) is 0 Å². The van der Waals surface area contributed by atoms with E-state index in [1.807, 2.05) is 11.9 Å². The minimum atomic E-state index is -4.41. The summed E-state index contributed by atoms with van der Waals surface area (Å²) < 4.78 is 43.2. The largest absolute Gasteiger partial charge is 0.416 e. The summed E-state index contributed by atoms with van der Waals surface area (Å²) in [6, 6.07) is 4.13. The number of guanidine groups is 1. The zero-order valence-corrected chi connectivity index (χ0v) is 16.2. The number of likely N-dealkylation sites (N-methyl/N-ethyl adjacent to an activating group) is 1. The van der Waals surface area contributed by atoms with Gasteiger partial charge in [0, 0.05) is 45.9 Å². The Bertz CT molecular complexity index is 658. The fourth-order valence-corrected chi connectivity index (χ4v) is 2.49. The van der Waals surface area contributed by atoms with Crippen molar-refractivity contribution in [1.82, 2.24) is 15.5 Å². The molecule has 0 aromatic heterocycles. The quantitative estimate of drug-likeness (QED) is 0.380. The summed E-state index contributed by atoms with van der Waals surface area (Å²) in [5.74, 6) is 0.988. The molecule has 1 amide bonds. The molecule has 0 atom stereocenters. The Hall–Kier alpha value is -2.29. The van der Waals surface area contributed by atoms with E-state index in [9.17, 15) is 18.0 Å². The molecule has 0 heterocycles. The van der Waals surface area contributed by atoms with Crippen LogP contribution >= 0.6 is 0 Å². The third kappa shape index (κ3) is 7.38. The Kier molecular flexibility index (Phi) is 8.10. The summed E-state index contributed by atoms with van der Waals surface area (Å²) in [6.07, 6.45) is -1.89. The van der Waals surface area contributed by atoms with Gasteiger partial charge in [-0.1, -0.05) is 0 Å². The summed E-state index contributed by atoms with van der Waals surface area (Å²) in [5, 5.41) is 5.79. The molecule has 1 aromatic carbocycles. The van der Waals surface area contributed by atoms with E-state index in [-0.39, 0.29) is 5.56 Å². The average molecular weight is 400 g/mol. The van der Waals surface area contributed by atoms with Gasteiger partial charge in [-0.15, -0.1) is 0 Å². The highest BCUT2D eigenvalue weighted by Gasteiger charge is 2.30. The highest BCUT2D eigenvalue weighted by molar-refractivity contribution is 5.94. The molecule has 1 aliphatic carbocycles. The van der Waals surface area contributed by atoms with Crippen LogP contribution in [0.1, 0.15) is 28.8 Å². The van der Waals surface area contributed by atoms with Gasteiger partial charge in [-0.25, -0.2) is 0 Å². The van der Waals surface area contributed by atoms with Crippen LogP contribution in [0.3, 0.4) is 0 Å². The number of hydrogen-bond acceptors (Lipinski definition) is 3. The molecule has 2 rings (SSSR count). The lowest BCUT2D eigenvalue weighted by Crippen LogP contribution is -2.43. The molecule has 6 nitrogen and oxygen atoms in total. The molecule has 1 fully saturated rings. The van der Waals surface area contributed by atoms with E-state index in [1.54, 1.807) is 7.05 Å². The predicted octanol–water partition coefficient (Wildman–Crippen LogP) is 2.37. The zero-order valence-electron chi connectivity index (χ0n) is 16.2. The minimum Gasteiger partial charge on any atom is -0.379 e. The molecular weight excluding hydrogens is 373 g/mol. The summed E-state index contributed by atoms with van der Waals surface area (Å²) >= 11 is 0. The number of amides is 1. The second-order valence-corrected chi connectivity index (χ2v) is 6.74. The van der Waals surface area contributed by atoms with E-state index < -0.39 is 17.6 Å². The van der Waals surface area contributed by atoms with Crippen molar-refractivity contribution in [3.05, 3.63) is 35.4 Å². The molecule has 9 heteroatoms. The number of rotatable bonds is 9. The van der Waals surface area contributed by atoms with Crippen molar-refractivity contribution in [2.45, 2.75) is 19.0 Å². The van der Waals surface area contributed by atoms with Gasteiger partial charge in [-0.2, -0.15) is 13.2 Å². The van der Waals surface area contributed by atoms with Gasteiger partial charge < -0.3 is 20.3 Å². The van der Waals surface area contributed by atoms with E-state index in [0.717, 1.165) is 24.7 Å². The number of carbonyl (C=O) groups excluding carboxylic acids is 1. The smallest absolute Gasteiger partial charge is 0.379 e. The second kappa shape index (κ2) is 10.3. The summed E-state index contributed by atoms with van der Waals surface area (Å²) in [4.78, 5) is 18.1. The van der Waals surface area contributed by atoms with Crippen molar-refractivity contribution in [3.8, 4) is 0 Å². The predicted molar refractivity (Wildman–Crippen MR) is 101 cm³/mol. The van der Waals surface area contributed by atoms with Crippen LogP contribution in [-0.2, 0) is 10.9 Å². The normalized spacial score (nSPS) is 14.7. The van der Waals surface area contributed by atoms with Gasteiger partial charge in [0.05, 0.1) is 12.2 Å². The number of nitrogens with zero attached hydrogens (tertiary/aromatic N) is 2. The molecule has 1 aliphatic rings. The number of alkyl halides is 3. The van der Waals surface area contributed by atoms with Gasteiger partial charge in [-0.05, 0) is 43.0 Å². The Morgan fingerprint density at radius 3 is 2.43 bits per heavy atom. The van der Waals surface area contributed by atoms with Crippen LogP contribution < -0.4 is 10.6 Å². The first-order valence-corrected chi connectivity index (χ1v) is 9.26. The molecule has 1 saturated carbocycles. The van der Waals surface area contributed by atoms with Crippen LogP contribution in [0, 0.1) is 5.92 Å². The molecule has 0 saturated heterocycles. The van der Waals surface area contributed by atoms with Crippen molar-refractivity contribution in [1.29, 1.82) is 0 Å². The monoisotopic (exact) mass is 400 g/mol. The molecule has 28 heavy (non-hydrogen) atoms. The number of nitrogens with one attached hydrogen (secondary N) is 2. The highest BCUT2D eigenvalue weighted by atomic mass is 19.4. The van der Waals surface area contributed by atoms with Crippen molar-refractivity contribution >= 4 is 11.9 Å². The summed E-state index contributed by atoms with van der Waals surface area (Å²) in [5.41, 5.74) is -0.596. The lowest BCUT2D eigenvalue weighted by molar-refractivity contribution is -0.137. The van der Waals surface area contributed by atoms with Crippen molar-refractivity contribution < 1.29 is 22.7 Å². The number of halogens is 3. The maximum Gasteiger partial charge on any atom is 0.416 e. The third-order valence-corrected chi connectivity index (χ3v) is 4.36. The molecule has 0 radical (unpaired) electrons. The van der Waals surface area contributed by atoms with Crippen molar-refractivity contribution in [3.63, 3.8) is 0 Å². The van der Waals surface area contributed by atoms with Crippen LogP contribution in [0.4, 0.5) is 13.2 Å². The number of hydrogen-bond donors (Lipinski definition) is 2. The van der Waals surface area contributed by atoms with Gasteiger partial charge in [-0.3, -0.25) is 9.79 Å². The van der Waals surface area contributed by atoms with Gasteiger partial charge >= 0.3 is 6.18 Å². The standard InChI is InChI=1S/C19H27F3N4O2/c1-23-18(26(2)11-12-28-13-14-3-4-14)25-10-9-24-17(27)15-5-7-16(8-6-15)19(20,21)22/h5-8,14H,3-4,9-13H2,1-2H3,(H,23,25)(H,24,27). The maximum absolute atomic E-state index is 12.5. The lowest BCUT2D eigenvalue weighted by Gasteiger charge is -2.22. The molecule has 0 unspecified atom stereocenters. The molecule has 156 valence electrons. The Balaban J connectivity index is 1.66. The molecule has 0 spiro atoms. The van der Waals surface area contributed by atoms with Crippen LogP contribution in [0.5, 0.6) is 0 Å². The number of benzene rings is 1. The van der Waals surface area contributed by atoms with Gasteiger partial charge in [0.1, 0.15) is 0 Å². The van der Waals surface area contributed by atoms with E-state index >= 15 is 0 Å². The molecule has 2 N–H and O–H groups in total. The molecular formula is C19H27F3N4O2. The number of ether oxygens (including phenoxy) is 1. The van der Waals surface area contributed by atoms with Gasteiger partial charge in [0.2, 0.25) is 0 Å². The molecule has 0 bridgehead atoms. The second-order valence-electron chi connectivity index (χ2n) is 6.74. The van der Waals surface area contributed by atoms with Gasteiger partial charge in [0.25, 0.3) is 5.91 Å². The number of aliphatic imine (C=N–C) groups is 1. The van der Waals surface area contributed by atoms with Crippen molar-refractivity contribution in [2.24, 2.45) is 10.9 Å². The first kappa shape index (κ1) is 22.0. The van der Waals surface area contributed by atoms with E-state index in [2.05, 4.69) is 15.6 Å². The van der Waals surface area contributed by atoms with Crippen LogP contribution in [-0.4, -0.2) is 63.7 Å². The zero-order chi connectivity index (χ0) is 20.6. The fourth-order valence-electron chi connectivity index (χ4n) is 2.49. The summed E-state index contributed by atoms with van der Waals surface area (Å²) in [7, 11) is 3.57. The first-order chi connectivity index (χ1) is 13.3. The van der Waals surface area contributed by atoms with Crippen LogP contribution in [0.15, 0.2) is 29.3 Å². The Morgan fingerprint density at radius 2 is 1.86 bits per heavy atom. The maximum atomic E-state index is 12.5. The summed E-state index contributed by atoms with van der Waals surface area (Å²) in [6.45, 7) is 2.88. The lowest BCUT2D eigenvalue weighted by atomic mass is 10.1. The Morgan fingerprint density at radius 1 is 1.21 bits per heavy atom. The van der Waals surface area contributed by atoms with E-state index in [0.29, 0.717) is 32.2 Å².